The number of rotatable bonds is 13. The number of hydrogen-bond acceptors (Lipinski definition) is 2. The van der Waals surface area contributed by atoms with Gasteiger partial charge in [0.2, 0.25) is 0 Å². The second-order valence-electron chi connectivity index (χ2n) is 12.1. The molecular weight excluding hydrogens is 497 g/mol. The van der Waals surface area contributed by atoms with Crippen LogP contribution in [0.25, 0.3) is 0 Å². The van der Waals surface area contributed by atoms with E-state index in [1.54, 1.807) is 12.1 Å². The van der Waals surface area contributed by atoms with Gasteiger partial charge in [-0.25, -0.2) is 13.2 Å². The summed E-state index contributed by atoms with van der Waals surface area (Å²) in [6.07, 6.45) is 14.5. The van der Waals surface area contributed by atoms with Crippen LogP contribution in [0.5, 0.6) is 11.5 Å². The maximum absolute atomic E-state index is 15.1. The highest BCUT2D eigenvalue weighted by molar-refractivity contribution is 5.33. The SMILES string of the molecule is CCCCCCCCOc1ccc(OCC2CCC(c3ccc(C4CCC(C)CC4)c(F)c3F)CC2)c(F)c1. The molecule has 0 heterocycles. The molecule has 2 saturated carbocycles. The first kappa shape index (κ1) is 29.8. The summed E-state index contributed by atoms with van der Waals surface area (Å²) < 4.78 is 56.3. The monoisotopic (exact) mass is 544 g/mol. The van der Waals surface area contributed by atoms with E-state index in [2.05, 4.69) is 13.8 Å². The highest BCUT2D eigenvalue weighted by atomic mass is 19.2. The second kappa shape index (κ2) is 15.0. The van der Waals surface area contributed by atoms with Crippen LogP contribution in [-0.4, -0.2) is 13.2 Å². The van der Waals surface area contributed by atoms with E-state index in [0.717, 1.165) is 64.2 Å². The Morgan fingerprint density at radius 1 is 0.692 bits per heavy atom. The molecule has 2 nitrogen and oxygen atoms in total. The lowest BCUT2D eigenvalue weighted by molar-refractivity contribution is 0.193. The molecule has 0 N–H and O–H groups in total. The van der Waals surface area contributed by atoms with Crippen molar-refractivity contribution in [2.45, 2.75) is 116 Å². The zero-order chi connectivity index (χ0) is 27.6. The van der Waals surface area contributed by atoms with Crippen molar-refractivity contribution in [3.8, 4) is 11.5 Å². The minimum absolute atomic E-state index is 0.0241. The zero-order valence-electron chi connectivity index (χ0n) is 24.0. The molecule has 0 amide bonds. The quantitative estimate of drug-likeness (QED) is 0.234. The van der Waals surface area contributed by atoms with Gasteiger partial charge in [-0.3, -0.25) is 0 Å². The largest absolute Gasteiger partial charge is 0.493 e. The van der Waals surface area contributed by atoms with Crippen molar-refractivity contribution in [3.05, 3.63) is 58.9 Å². The molecule has 0 unspecified atom stereocenters. The van der Waals surface area contributed by atoms with Gasteiger partial charge in [-0.2, -0.15) is 0 Å². The van der Waals surface area contributed by atoms with Crippen molar-refractivity contribution in [2.75, 3.05) is 13.2 Å². The Bertz CT molecular complexity index is 1020. The van der Waals surface area contributed by atoms with Crippen LogP contribution in [0.15, 0.2) is 30.3 Å². The second-order valence-corrected chi connectivity index (χ2v) is 12.1. The predicted molar refractivity (Wildman–Crippen MR) is 152 cm³/mol. The van der Waals surface area contributed by atoms with Crippen LogP contribution in [0.4, 0.5) is 13.2 Å². The average Bonchev–Trinajstić information content (AvgIpc) is 2.94. The van der Waals surface area contributed by atoms with E-state index in [9.17, 15) is 4.39 Å². The highest BCUT2D eigenvalue weighted by Crippen LogP contribution is 2.41. The Kier molecular flexibility index (Phi) is 11.5. The van der Waals surface area contributed by atoms with Gasteiger partial charge in [-0.15, -0.1) is 0 Å². The zero-order valence-corrected chi connectivity index (χ0v) is 24.0. The minimum Gasteiger partial charge on any atom is -0.493 e. The van der Waals surface area contributed by atoms with Gasteiger partial charge in [0.05, 0.1) is 13.2 Å². The lowest BCUT2D eigenvalue weighted by Gasteiger charge is -2.30. The first-order valence-corrected chi connectivity index (χ1v) is 15.5. The Morgan fingerprint density at radius 3 is 1.90 bits per heavy atom. The molecule has 0 atom stereocenters. The van der Waals surface area contributed by atoms with Crippen LogP contribution >= 0.6 is 0 Å². The average molecular weight is 545 g/mol. The molecule has 2 aliphatic carbocycles. The lowest BCUT2D eigenvalue weighted by Crippen LogP contribution is -2.20. The fourth-order valence-electron chi connectivity index (χ4n) is 6.39. The van der Waals surface area contributed by atoms with Gasteiger partial charge in [0, 0.05) is 6.07 Å². The van der Waals surface area contributed by atoms with E-state index < -0.39 is 17.5 Å². The van der Waals surface area contributed by atoms with Gasteiger partial charge in [0.1, 0.15) is 5.75 Å². The molecule has 216 valence electrons. The number of hydrogen-bond donors (Lipinski definition) is 0. The van der Waals surface area contributed by atoms with Crippen LogP contribution in [0.1, 0.15) is 127 Å². The van der Waals surface area contributed by atoms with E-state index in [1.807, 2.05) is 12.1 Å². The van der Waals surface area contributed by atoms with E-state index in [0.29, 0.717) is 36.0 Å². The molecule has 2 aromatic rings. The van der Waals surface area contributed by atoms with Gasteiger partial charge in [0.15, 0.2) is 23.2 Å². The molecule has 2 aromatic carbocycles. The maximum Gasteiger partial charge on any atom is 0.168 e. The fourth-order valence-corrected chi connectivity index (χ4v) is 6.39. The number of ether oxygens (including phenoxy) is 2. The molecule has 2 aliphatic rings. The normalized spacial score (nSPS) is 23.5. The lowest BCUT2D eigenvalue weighted by atomic mass is 9.76. The van der Waals surface area contributed by atoms with E-state index in [1.165, 1.54) is 31.7 Å². The molecule has 0 aliphatic heterocycles. The standard InChI is InChI=1S/C34H47F3O2/c1-3-4-5-6-7-8-21-38-28-17-20-32(31(35)22-28)39-23-25-11-15-27(16-12-25)30-19-18-29(33(36)34(30)37)26-13-9-24(2)10-14-26/h17-20,22,24-27H,3-16,21,23H2,1-2H3. The molecule has 0 aromatic heterocycles. The summed E-state index contributed by atoms with van der Waals surface area (Å²) in [5.74, 6) is 0.207. The van der Waals surface area contributed by atoms with Gasteiger partial charge >= 0.3 is 0 Å². The van der Waals surface area contributed by atoms with Gasteiger partial charge in [-0.1, -0.05) is 70.9 Å². The molecule has 0 spiro atoms. The third-order valence-electron chi connectivity index (χ3n) is 9.03. The van der Waals surface area contributed by atoms with Crippen molar-refractivity contribution in [1.29, 1.82) is 0 Å². The highest BCUT2D eigenvalue weighted by Gasteiger charge is 2.29. The molecule has 39 heavy (non-hydrogen) atoms. The first-order valence-electron chi connectivity index (χ1n) is 15.5. The Hall–Kier alpha value is -2.17. The van der Waals surface area contributed by atoms with Crippen LogP contribution in [-0.2, 0) is 0 Å². The van der Waals surface area contributed by atoms with Crippen LogP contribution < -0.4 is 9.47 Å². The van der Waals surface area contributed by atoms with Gasteiger partial charge < -0.3 is 9.47 Å². The maximum atomic E-state index is 15.1. The van der Waals surface area contributed by atoms with Crippen LogP contribution in [0.3, 0.4) is 0 Å². The van der Waals surface area contributed by atoms with Crippen molar-refractivity contribution in [2.24, 2.45) is 11.8 Å². The topological polar surface area (TPSA) is 18.5 Å². The molecule has 0 radical (unpaired) electrons. The summed E-state index contributed by atoms with van der Waals surface area (Å²) in [5.41, 5.74) is 1.08. The summed E-state index contributed by atoms with van der Waals surface area (Å²) in [7, 11) is 0. The molecule has 0 saturated heterocycles. The number of benzene rings is 2. The van der Waals surface area contributed by atoms with Crippen LogP contribution in [0.2, 0.25) is 0 Å². The smallest absolute Gasteiger partial charge is 0.168 e. The summed E-state index contributed by atoms with van der Waals surface area (Å²) in [6.45, 7) is 5.47. The summed E-state index contributed by atoms with van der Waals surface area (Å²) in [6, 6.07) is 8.48. The van der Waals surface area contributed by atoms with Gasteiger partial charge in [-0.05, 0) is 91.9 Å². The van der Waals surface area contributed by atoms with Crippen LogP contribution in [0, 0.1) is 29.3 Å². The van der Waals surface area contributed by atoms with Gasteiger partial charge in [0.25, 0.3) is 0 Å². The van der Waals surface area contributed by atoms with E-state index >= 15 is 8.78 Å². The van der Waals surface area contributed by atoms with E-state index in [-0.39, 0.29) is 23.5 Å². The Morgan fingerprint density at radius 2 is 1.28 bits per heavy atom. The minimum atomic E-state index is -0.647. The Balaban J connectivity index is 1.20. The summed E-state index contributed by atoms with van der Waals surface area (Å²) in [5, 5.41) is 0. The third kappa shape index (κ3) is 8.41. The van der Waals surface area contributed by atoms with Crippen molar-refractivity contribution >= 4 is 0 Å². The van der Waals surface area contributed by atoms with Crippen molar-refractivity contribution in [1.82, 2.24) is 0 Å². The van der Waals surface area contributed by atoms with Crippen molar-refractivity contribution < 1.29 is 22.6 Å². The number of unbranched alkanes of at least 4 members (excludes halogenated alkanes) is 5. The third-order valence-corrected chi connectivity index (χ3v) is 9.03. The molecule has 2 fully saturated rings. The predicted octanol–water partition coefficient (Wildman–Crippen LogP) is 10.5. The fraction of sp³-hybridized carbons (Fsp3) is 0.647. The van der Waals surface area contributed by atoms with E-state index in [4.69, 9.17) is 9.47 Å². The molecular formula is C34H47F3O2. The molecule has 0 bridgehead atoms. The first-order chi connectivity index (χ1) is 19.0. The number of halogens is 3. The Labute approximate surface area is 233 Å². The summed E-state index contributed by atoms with van der Waals surface area (Å²) in [4.78, 5) is 0. The summed E-state index contributed by atoms with van der Waals surface area (Å²) >= 11 is 0. The molecule has 5 heteroatoms. The van der Waals surface area contributed by atoms with Crippen molar-refractivity contribution in [3.63, 3.8) is 0 Å². The molecule has 4 rings (SSSR count).